The molecule has 1 N–H and O–H groups in total. The number of halogens is 3. The van der Waals surface area contributed by atoms with Crippen LogP contribution in [0.5, 0.6) is 11.6 Å². The topological polar surface area (TPSA) is 47.0 Å². The van der Waals surface area contributed by atoms with Crippen LogP contribution in [0.2, 0.25) is 10.0 Å². The van der Waals surface area contributed by atoms with Gasteiger partial charge in [-0.05, 0) is 34.1 Å². The maximum absolute atomic E-state index is 6.02. The van der Waals surface area contributed by atoms with E-state index in [1.54, 1.807) is 31.4 Å². The predicted octanol–water partition coefficient (Wildman–Crippen LogP) is 4.38. The van der Waals surface area contributed by atoms with Gasteiger partial charge in [-0.3, -0.25) is 0 Å². The van der Waals surface area contributed by atoms with Gasteiger partial charge in [0.15, 0.2) is 0 Å². The molecule has 0 amide bonds. The minimum Gasteiger partial charge on any atom is -0.436 e. The zero-order chi connectivity index (χ0) is 13.1. The van der Waals surface area contributed by atoms with Gasteiger partial charge in [-0.2, -0.15) is 4.98 Å². The molecule has 0 unspecified atom stereocenters. The van der Waals surface area contributed by atoms with Crippen molar-refractivity contribution in [2.45, 2.75) is 0 Å². The fourth-order valence-electron chi connectivity index (χ4n) is 1.21. The van der Waals surface area contributed by atoms with Gasteiger partial charge in [0.25, 0.3) is 0 Å². The number of nitrogens with one attached hydrogen (secondary N) is 1. The molecule has 0 saturated carbocycles. The van der Waals surface area contributed by atoms with Crippen LogP contribution in [0.3, 0.4) is 0 Å². The minimum absolute atomic E-state index is 0.374. The van der Waals surface area contributed by atoms with Gasteiger partial charge < -0.3 is 10.1 Å². The highest BCUT2D eigenvalue weighted by Gasteiger charge is 2.09. The van der Waals surface area contributed by atoms with E-state index < -0.39 is 0 Å². The second-order valence-electron chi connectivity index (χ2n) is 3.27. The third-order valence-electron chi connectivity index (χ3n) is 2.04. The van der Waals surface area contributed by atoms with Crippen LogP contribution in [-0.2, 0) is 0 Å². The number of hydrogen-bond acceptors (Lipinski definition) is 4. The molecule has 0 aliphatic rings. The molecule has 0 radical (unpaired) electrons. The first-order valence-electron chi connectivity index (χ1n) is 4.93. The molecule has 1 heterocycles. The number of anilines is 1. The SMILES string of the molecule is CNc1ncc(Br)c(Oc2ccc(Cl)cc2Cl)n1. The molecule has 1 aromatic carbocycles. The van der Waals surface area contributed by atoms with E-state index in [0.29, 0.717) is 32.1 Å². The molecule has 0 saturated heterocycles. The van der Waals surface area contributed by atoms with Crippen molar-refractivity contribution in [3.63, 3.8) is 0 Å². The third kappa shape index (κ3) is 3.04. The summed E-state index contributed by atoms with van der Waals surface area (Å²) >= 11 is 15.1. The molecule has 0 atom stereocenters. The molecule has 2 aromatic rings. The van der Waals surface area contributed by atoms with Crippen LogP contribution in [0.4, 0.5) is 5.95 Å². The minimum atomic E-state index is 0.374. The van der Waals surface area contributed by atoms with E-state index in [1.165, 1.54) is 0 Å². The fourth-order valence-corrected chi connectivity index (χ4v) is 1.92. The molecule has 1 aromatic heterocycles. The van der Waals surface area contributed by atoms with Gasteiger partial charge in [0.1, 0.15) is 5.75 Å². The van der Waals surface area contributed by atoms with Crippen molar-refractivity contribution in [1.29, 1.82) is 0 Å². The van der Waals surface area contributed by atoms with Gasteiger partial charge in [-0.15, -0.1) is 0 Å². The summed E-state index contributed by atoms with van der Waals surface area (Å²) in [6, 6.07) is 4.97. The molecular weight excluding hydrogens is 341 g/mol. The summed E-state index contributed by atoms with van der Waals surface area (Å²) in [5.74, 6) is 1.30. The molecular formula is C11H8BrCl2N3O. The Kier molecular flexibility index (Phi) is 4.27. The molecule has 7 heteroatoms. The lowest BCUT2D eigenvalue weighted by Crippen LogP contribution is -1.98. The number of aromatic nitrogens is 2. The molecule has 4 nitrogen and oxygen atoms in total. The second-order valence-corrected chi connectivity index (χ2v) is 4.97. The summed E-state index contributed by atoms with van der Waals surface area (Å²) in [5.41, 5.74) is 0. The molecule has 18 heavy (non-hydrogen) atoms. The predicted molar refractivity (Wildman–Crippen MR) is 75.8 cm³/mol. The molecule has 0 bridgehead atoms. The fraction of sp³-hybridized carbons (Fsp3) is 0.0909. The first-order valence-corrected chi connectivity index (χ1v) is 6.48. The van der Waals surface area contributed by atoms with Crippen LogP contribution < -0.4 is 10.1 Å². The molecule has 0 fully saturated rings. The third-order valence-corrected chi connectivity index (χ3v) is 3.11. The Balaban J connectivity index is 2.33. The zero-order valence-electron chi connectivity index (χ0n) is 9.25. The average molecular weight is 349 g/mol. The van der Waals surface area contributed by atoms with Gasteiger partial charge in [-0.25, -0.2) is 4.98 Å². The Hall–Kier alpha value is -1.04. The first-order chi connectivity index (χ1) is 8.60. The van der Waals surface area contributed by atoms with Gasteiger partial charge in [-0.1, -0.05) is 23.2 Å². The lowest BCUT2D eigenvalue weighted by atomic mass is 10.3. The molecule has 94 valence electrons. The van der Waals surface area contributed by atoms with E-state index in [1.807, 2.05) is 0 Å². The van der Waals surface area contributed by atoms with E-state index in [0.717, 1.165) is 0 Å². The molecule has 0 spiro atoms. The maximum atomic E-state index is 6.02. The van der Waals surface area contributed by atoms with Crippen molar-refractivity contribution < 1.29 is 4.74 Å². The van der Waals surface area contributed by atoms with Crippen molar-refractivity contribution in [2.24, 2.45) is 0 Å². The van der Waals surface area contributed by atoms with Crippen LogP contribution in [0.15, 0.2) is 28.9 Å². The zero-order valence-corrected chi connectivity index (χ0v) is 12.3. The van der Waals surface area contributed by atoms with Crippen molar-refractivity contribution in [3.8, 4) is 11.6 Å². The number of rotatable bonds is 3. The van der Waals surface area contributed by atoms with Crippen LogP contribution in [0.25, 0.3) is 0 Å². The summed E-state index contributed by atoms with van der Waals surface area (Å²) < 4.78 is 6.24. The Morgan fingerprint density at radius 1 is 1.33 bits per heavy atom. The van der Waals surface area contributed by atoms with Gasteiger partial charge >= 0.3 is 0 Å². The van der Waals surface area contributed by atoms with Crippen molar-refractivity contribution in [2.75, 3.05) is 12.4 Å². The van der Waals surface area contributed by atoms with Crippen LogP contribution in [-0.4, -0.2) is 17.0 Å². The van der Waals surface area contributed by atoms with E-state index in [9.17, 15) is 0 Å². The van der Waals surface area contributed by atoms with Crippen LogP contribution in [0, 0.1) is 0 Å². The van der Waals surface area contributed by atoms with Crippen LogP contribution in [0.1, 0.15) is 0 Å². The number of hydrogen-bond donors (Lipinski definition) is 1. The summed E-state index contributed by atoms with van der Waals surface area (Å²) in [4.78, 5) is 8.20. The largest absolute Gasteiger partial charge is 0.436 e. The highest BCUT2D eigenvalue weighted by Crippen LogP contribution is 2.33. The Morgan fingerprint density at radius 3 is 2.78 bits per heavy atom. The lowest BCUT2D eigenvalue weighted by molar-refractivity contribution is 0.459. The number of benzene rings is 1. The standard InChI is InChI=1S/C11H8BrCl2N3O/c1-15-11-16-5-7(12)10(17-11)18-9-3-2-6(13)4-8(9)14/h2-5H,1H3,(H,15,16,17). The Morgan fingerprint density at radius 2 is 2.11 bits per heavy atom. The van der Waals surface area contributed by atoms with E-state index in [2.05, 4.69) is 31.2 Å². The van der Waals surface area contributed by atoms with Crippen molar-refractivity contribution in [3.05, 3.63) is 38.9 Å². The van der Waals surface area contributed by atoms with Crippen molar-refractivity contribution in [1.82, 2.24) is 9.97 Å². The summed E-state index contributed by atoms with van der Waals surface area (Å²) in [7, 11) is 1.72. The monoisotopic (exact) mass is 347 g/mol. The van der Waals surface area contributed by atoms with Gasteiger partial charge in [0.2, 0.25) is 11.8 Å². The van der Waals surface area contributed by atoms with Crippen molar-refractivity contribution >= 4 is 45.1 Å². The molecule has 0 aliphatic carbocycles. The second kappa shape index (κ2) is 5.73. The van der Waals surface area contributed by atoms with Crippen LogP contribution >= 0.6 is 39.1 Å². The average Bonchev–Trinajstić information content (AvgIpc) is 2.35. The number of nitrogens with zero attached hydrogens (tertiary/aromatic N) is 2. The van der Waals surface area contributed by atoms with Gasteiger partial charge in [0.05, 0.1) is 15.7 Å². The van der Waals surface area contributed by atoms with E-state index in [-0.39, 0.29) is 0 Å². The van der Waals surface area contributed by atoms with E-state index in [4.69, 9.17) is 27.9 Å². The smallest absolute Gasteiger partial charge is 0.238 e. The normalized spacial score (nSPS) is 10.2. The molecule has 2 rings (SSSR count). The summed E-state index contributed by atoms with van der Waals surface area (Å²) in [5, 5.41) is 3.79. The Bertz CT molecular complexity index is 580. The molecule has 0 aliphatic heterocycles. The highest BCUT2D eigenvalue weighted by molar-refractivity contribution is 9.10. The Labute approximate surface area is 122 Å². The first kappa shape index (κ1) is 13.4. The summed E-state index contributed by atoms with van der Waals surface area (Å²) in [6.45, 7) is 0. The lowest BCUT2D eigenvalue weighted by Gasteiger charge is -2.09. The van der Waals surface area contributed by atoms with E-state index >= 15 is 0 Å². The summed E-state index contributed by atoms with van der Waals surface area (Å²) in [6.07, 6.45) is 1.60. The highest BCUT2D eigenvalue weighted by atomic mass is 79.9. The van der Waals surface area contributed by atoms with Gasteiger partial charge in [0, 0.05) is 12.1 Å². The quantitative estimate of drug-likeness (QED) is 0.894. The maximum Gasteiger partial charge on any atom is 0.238 e. The number of ether oxygens (including phenoxy) is 1.